The number of unbranched alkanes of at least 4 members (excludes halogenated alkanes) is 8. The van der Waals surface area contributed by atoms with Gasteiger partial charge in [0.2, 0.25) is 0 Å². The molecule has 0 bridgehead atoms. The van der Waals surface area contributed by atoms with E-state index in [-0.39, 0.29) is 10.5 Å². The van der Waals surface area contributed by atoms with Crippen molar-refractivity contribution >= 4 is 22.2 Å². The molecule has 23 heavy (non-hydrogen) atoms. The van der Waals surface area contributed by atoms with Gasteiger partial charge in [-0.1, -0.05) is 78.1 Å². The normalized spacial score (nSPS) is 16.9. The first-order valence-corrected chi connectivity index (χ1v) is 11.6. The van der Waals surface area contributed by atoms with Crippen molar-refractivity contribution in [3.8, 4) is 0 Å². The Labute approximate surface area is 147 Å². The molecule has 0 spiro atoms. The molecule has 0 aliphatic rings. The Kier molecular flexibility index (Phi) is 15.9. The van der Waals surface area contributed by atoms with Crippen LogP contribution in [0.1, 0.15) is 97.3 Å². The van der Waals surface area contributed by atoms with E-state index in [4.69, 9.17) is 0 Å². The molecular formula is C17H36O4S2. The van der Waals surface area contributed by atoms with E-state index in [0.717, 1.165) is 38.5 Å². The van der Waals surface area contributed by atoms with E-state index < -0.39 is 22.2 Å². The van der Waals surface area contributed by atoms with E-state index in [1.807, 2.05) is 0 Å². The molecule has 0 amide bonds. The van der Waals surface area contributed by atoms with E-state index in [9.17, 15) is 17.5 Å². The van der Waals surface area contributed by atoms with E-state index in [0.29, 0.717) is 19.3 Å². The first-order chi connectivity index (χ1) is 11.0. The van der Waals surface area contributed by atoms with Crippen LogP contribution in [0.15, 0.2) is 0 Å². The standard InChI is InChI=1S/C17H36O4S2/c1-3-5-7-9-11-13-16(22(18)19)15-17(23(20)21)14-12-10-8-6-4-2/h16-17H,3-15H2,1-2H3,(H,18,19)(H,20,21). The fourth-order valence-corrected chi connectivity index (χ4v) is 4.50. The van der Waals surface area contributed by atoms with Gasteiger partial charge in [0.05, 0.1) is 10.5 Å². The number of hydrogen-bond donors (Lipinski definition) is 2. The Morgan fingerprint density at radius 2 is 1.00 bits per heavy atom. The smallest absolute Gasteiger partial charge is 0.156 e. The molecule has 0 aliphatic carbocycles. The summed E-state index contributed by atoms with van der Waals surface area (Å²) in [6.45, 7) is 4.32. The monoisotopic (exact) mass is 368 g/mol. The first kappa shape index (κ1) is 23.2. The van der Waals surface area contributed by atoms with Crippen LogP contribution < -0.4 is 0 Å². The predicted octanol–water partition coefficient (Wildman–Crippen LogP) is 5.28. The summed E-state index contributed by atoms with van der Waals surface area (Å²) in [5.74, 6) is 0. The van der Waals surface area contributed by atoms with E-state index in [1.54, 1.807) is 0 Å². The SMILES string of the molecule is CCCCCCCC(CC(CCCCCCC)S(=O)O)S(=O)O. The molecule has 0 rings (SSSR count). The molecule has 0 aromatic heterocycles. The third-order valence-electron chi connectivity index (χ3n) is 4.36. The van der Waals surface area contributed by atoms with E-state index >= 15 is 0 Å². The Balaban J connectivity index is 4.19. The van der Waals surface area contributed by atoms with Gasteiger partial charge in [0, 0.05) is 0 Å². The molecule has 0 saturated carbocycles. The van der Waals surface area contributed by atoms with Gasteiger partial charge in [0.25, 0.3) is 0 Å². The molecule has 4 unspecified atom stereocenters. The highest BCUT2D eigenvalue weighted by atomic mass is 32.2. The third kappa shape index (κ3) is 13.2. The van der Waals surface area contributed by atoms with Gasteiger partial charge >= 0.3 is 0 Å². The Morgan fingerprint density at radius 3 is 1.30 bits per heavy atom. The van der Waals surface area contributed by atoms with Crippen molar-refractivity contribution in [1.82, 2.24) is 0 Å². The maximum Gasteiger partial charge on any atom is 0.156 e. The summed E-state index contributed by atoms with van der Waals surface area (Å²) in [4.78, 5) is 0. The molecule has 6 heteroatoms. The minimum atomic E-state index is -1.90. The lowest BCUT2D eigenvalue weighted by Crippen LogP contribution is -2.25. The summed E-state index contributed by atoms with van der Waals surface area (Å²) >= 11 is -3.81. The Bertz CT molecular complexity index is 294. The molecule has 0 saturated heterocycles. The largest absolute Gasteiger partial charge is 0.306 e. The van der Waals surface area contributed by atoms with Crippen molar-refractivity contribution in [2.75, 3.05) is 0 Å². The van der Waals surface area contributed by atoms with Crippen molar-refractivity contribution in [2.45, 2.75) is 108 Å². The van der Waals surface area contributed by atoms with Crippen LogP contribution >= 0.6 is 0 Å². The summed E-state index contributed by atoms with van der Waals surface area (Å²) in [7, 11) is 0. The highest BCUT2D eigenvalue weighted by Gasteiger charge is 2.24. The Hall–Kier alpha value is 0.220. The van der Waals surface area contributed by atoms with Crippen LogP contribution in [0.2, 0.25) is 0 Å². The zero-order valence-corrected chi connectivity index (χ0v) is 16.5. The molecule has 0 radical (unpaired) electrons. The maximum atomic E-state index is 11.5. The van der Waals surface area contributed by atoms with E-state index in [1.165, 1.54) is 25.7 Å². The summed E-state index contributed by atoms with van der Waals surface area (Å²) < 4.78 is 42.0. The first-order valence-electron chi connectivity index (χ1n) is 9.22. The average molecular weight is 369 g/mol. The molecule has 0 heterocycles. The molecule has 140 valence electrons. The fraction of sp³-hybridized carbons (Fsp3) is 1.00. The molecule has 0 aliphatic heterocycles. The molecule has 2 N–H and O–H groups in total. The Morgan fingerprint density at radius 1 is 0.652 bits per heavy atom. The summed E-state index contributed by atoms with van der Waals surface area (Å²) in [5, 5.41) is -0.735. The van der Waals surface area contributed by atoms with Crippen LogP contribution in [-0.2, 0) is 22.2 Å². The van der Waals surface area contributed by atoms with Gasteiger partial charge in [-0.3, -0.25) is 0 Å². The third-order valence-corrected chi connectivity index (χ3v) is 6.35. The molecule has 4 nitrogen and oxygen atoms in total. The van der Waals surface area contributed by atoms with Crippen LogP contribution in [0.5, 0.6) is 0 Å². The van der Waals surface area contributed by atoms with Crippen molar-refractivity contribution in [1.29, 1.82) is 0 Å². The van der Waals surface area contributed by atoms with Crippen molar-refractivity contribution in [3.63, 3.8) is 0 Å². The fourth-order valence-electron chi connectivity index (χ4n) is 2.85. The van der Waals surface area contributed by atoms with Gasteiger partial charge in [0.15, 0.2) is 22.2 Å². The lowest BCUT2D eigenvalue weighted by molar-refractivity contribution is 0.481. The topological polar surface area (TPSA) is 74.6 Å². The lowest BCUT2D eigenvalue weighted by Gasteiger charge is -2.19. The van der Waals surface area contributed by atoms with Gasteiger partial charge in [-0.25, -0.2) is 8.42 Å². The van der Waals surface area contributed by atoms with Gasteiger partial charge in [-0.05, 0) is 19.3 Å². The second kappa shape index (κ2) is 15.7. The van der Waals surface area contributed by atoms with Crippen molar-refractivity contribution in [3.05, 3.63) is 0 Å². The lowest BCUT2D eigenvalue weighted by atomic mass is 10.0. The predicted molar refractivity (Wildman–Crippen MR) is 100 cm³/mol. The molecule has 0 aromatic rings. The second-order valence-electron chi connectivity index (χ2n) is 6.44. The summed E-state index contributed by atoms with van der Waals surface area (Å²) in [5.41, 5.74) is 0. The van der Waals surface area contributed by atoms with Gasteiger partial charge < -0.3 is 9.11 Å². The highest BCUT2D eigenvalue weighted by Crippen LogP contribution is 2.20. The number of rotatable bonds is 16. The number of hydrogen-bond acceptors (Lipinski definition) is 2. The summed E-state index contributed by atoms with van der Waals surface area (Å²) in [6, 6.07) is 0. The zero-order chi connectivity index (χ0) is 17.5. The molecule has 0 aromatic carbocycles. The second-order valence-corrected chi connectivity index (χ2v) is 8.88. The van der Waals surface area contributed by atoms with Gasteiger partial charge in [0.1, 0.15) is 0 Å². The zero-order valence-electron chi connectivity index (χ0n) is 14.9. The molecule has 4 atom stereocenters. The van der Waals surface area contributed by atoms with E-state index in [2.05, 4.69) is 13.8 Å². The minimum absolute atomic E-state index is 0.367. The highest BCUT2D eigenvalue weighted by molar-refractivity contribution is 7.80. The molecular weight excluding hydrogens is 332 g/mol. The van der Waals surface area contributed by atoms with Gasteiger partial charge in [-0.2, -0.15) is 0 Å². The maximum absolute atomic E-state index is 11.5. The molecule has 0 fully saturated rings. The average Bonchev–Trinajstić information content (AvgIpc) is 2.51. The van der Waals surface area contributed by atoms with Gasteiger partial charge in [-0.15, -0.1) is 0 Å². The van der Waals surface area contributed by atoms with Crippen molar-refractivity contribution in [2.24, 2.45) is 0 Å². The quantitative estimate of drug-likeness (QED) is 0.287. The van der Waals surface area contributed by atoms with Crippen LogP contribution in [0, 0.1) is 0 Å². The van der Waals surface area contributed by atoms with Crippen LogP contribution in [-0.4, -0.2) is 28.0 Å². The van der Waals surface area contributed by atoms with Crippen LogP contribution in [0.4, 0.5) is 0 Å². The van der Waals surface area contributed by atoms with Crippen LogP contribution in [0.25, 0.3) is 0 Å². The summed E-state index contributed by atoms with van der Waals surface area (Å²) in [6.07, 6.45) is 12.8. The minimum Gasteiger partial charge on any atom is -0.306 e. The van der Waals surface area contributed by atoms with Crippen molar-refractivity contribution < 1.29 is 17.5 Å². The van der Waals surface area contributed by atoms with Crippen LogP contribution in [0.3, 0.4) is 0 Å².